The Bertz CT molecular complexity index is 500. The van der Waals surface area contributed by atoms with E-state index in [0.717, 1.165) is 0 Å². The van der Waals surface area contributed by atoms with Crippen LogP contribution in [0.4, 0.5) is 11.4 Å². The molecule has 0 aliphatic heterocycles. The zero-order valence-electron chi connectivity index (χ0n) is 11.3. The number of methoxy groups -OCH3 is 1. The van der Waals surface area contributed by atoms with E-state index in [9.17, 15) is 14.9 Å². The minimum Gasteiger partial charge on any atom is -0.495 e. The molecule has 7 heteroatoms. The van der Waals surface area contributed by atoms with Gasteiger partial charge in [0.2, 0.25) is 5.91 Å². The van der Waals surface area contributed by atoms with Crippen molar-refractivity contribution >= 4 is 17.3 Å². The maximum Gasteiger partial charge on any atom is 0.271 e. The van der Waals surface area contributed by atoms with Gasteiger partial charge >= 0.3 is 0 Å². The molecule has 19 heavy (non-hydrogen) atoms. The van der Waals surface area contributed by atoms with Crippen molar-refractivity contribution in [1.29, 1.82) is 0 Å². The van der Waals surface area contributed by atoms with Gasteiger partial charge in [0.25, 0.3) is 5.69 Å². The third-order valence-corrected chi connectivity index (χ3v) is 2.83. The third-order valence-electron chi connectivity index (χ3n) is 2.83. The van der Waals surface area contributed by atoms with E-state index in [1.807, 2.05) is 0 Å². The molecule has 0 radical (unpaired) electrons. The molecular weight excluding hydrogens is 250 g/mol. The number of nitrogens with zero attached hydrogens (tertiary/aromatic N) is 1. The number of likely N-dealkylation sites (N-methyl/N-ethyl adjacent to an activating group) is 1. The average molecular weight is 267 g/mol. The largest absolute Gasteiger partial charge is 0.495 e. The van der Waals surface area contributed by atoms with Crippen LogP contribution in [0.15, 0.2) is 18.2 Å². The summed E-state index contributed by atoms with van der Waals surface area (Å²) in [6.45, 7) is 3.40. The highest BCUT2D eigenvalue weighted by Gasteiger charge is 2.26. The molecule has 0 aromatic heterocycles. The number of carbonyl (C=O) groups excluding carboxylic acids is 1. The zero-order chi connectivity index (χ0) is 14.6. The van der Waals surface area contributed by atoms with Gasteiger partial charge in [-0.25, -0.2) is 0 Å². The van der Waals surface area contributed by atoms with Crippen molar-refractivity contribution in [3.63, 3.8) is 0 Å². The lowest BCUT2D eigenvalue weighted by Gasteiger charge is -2.23. The minimum absolute atomic E-state index is 0.113. The summed E-state index contributed by atoms with van der Waals surface area (Å²) in [6.07, 6.45) is 0. The molecule has 0 fully saturated rings. The molecule has 0 aliphatic rings. The molecule has 0 atom stereocenters. The monoisotopic (exact) mass is 267 g/mol. The van der Waals surface area contributed by atoms with Gasteiger partial charge in [-0.1, -0.05) is 0 Å². The van der Waals surface area contributed by atoms with Crippen LogP contribution in [-0.2, 0) is 4.79 Å². The van der Waals surface area contributed by atoms with Gasteiger partial charge in [0, 0.05) is 12.1 Å². The van der Waals surface area contributed by atoms with Crippen molar-refractivity contribution in [3.05, 3.63) is 28.3 Å². The molecule has 1 amide bonds. The summed E-state index contributed by atoms with van der Waals surface area (Å²) < 4.78 is 5.07. The summed E-state index contributed by atoms with van der Waals surface area (Å²) in [5.74, 6) is 0.0552. The summed E-state index contributed by atoms with van der Waals surface area (Å²) in [5, 5.41) is 16.2. The Kier molecular flexibility index (Phi) is 4.44. The third kappa shape index (κ3) is 3.41. The smallest absolute Gasteiger partial charge is 0.271 e. The van der Waals surface area contributed by atoms with Crippen molar-refractivity contribution in [2.75, 3.05) is 19.5 Å². The molecule has 7 nitrogen and oxygen atoms in total. The summed E-state index contributed by atoms with van der Waals surface area (Å²) in [4.78, 5) is 22.2. The van der Waals surface area contributed by atoms with Gasteiger partial charge in [-0.2, -0.15) is 0 Å². The first-order valence-electron chi connectivity index (χ1n) is 5.64. The second-order valence-corrected chi connectivity index (χ2v) is 4.47. The number of hydrogen-bond acceptors (Lipinski definition) is 5. The Morgan fingerprint density at radius 2 is 2.05 bits per heavy atom. The number of hydrogen-bond donors (Lipinski definition) is 2. The van der Waals surface area contributed by atoms with Gasteiger partial charge < -0.3 is 15.4 Å². The Morgan fingerprint density at radius 1 is 1.42 bits per heavy atom. The first-order valence-corrected chi connectivity index (χ1v) is 5.64. The van der Waals surface area contributed by atoms with Crippen molar-refractivity contribution in [2.45, 2.75) is 19.4 Å². The average Bonchev–Trinajstić information content (AvgIpc) is 2.38. The van der Waals surface area contributed by atoms with E-state index in [-0.39, 0.29) is 17.3 Å². The van der Waals surface area contributed by atoms with E-state index in [4.69, 9.17) is 4.74 Å². The maximum absolute atomic E-state index is 12.0. The Labute approximate surface area is 111 Å². The van der Waals surface area contributed by atoms with Crippen molar-refractivity contribution < 1.29 is 14.5 Å². The van der Waals surface area contributed by atoms with Crippen LogP contribution >= 0.6 is 0 Å². The van der Waals surface area contributed by atoms with E-state index < -0.39 is 10.5 Å². The molecule has 0 unspecified atom stereocenters. The molecule has 0 spiro atoms. The Balaban J connectivity index is 3.08. The number of non-ortho nitro benzene ring substituents is 1. The number of nitro benzene ring substituents is 1. The number of amides is 1. The highest BCUT2D eigenvalue weighted by molar-refractivity contribution is 5.98. The Hall–Kier alpha value is -2.15. The molecule has 104 valence electrons. The van der Waals surface area contributed by atoms with Gasteiger partial charge in [0.15, 0.2) is 0 Å². The van der Waals surface area contributed by atoms with Crippen LogP contribution in [0.5, 0.6) is 5.75 Å². The van der Waals surface area contributed by atoms with Crippen LogP contribution < -0.4 is 15.4 Å². The highest BCUT2D eigenvalue weighted by Crippen LogP contribution is 2.29. The SMILES string of the molecule is CNC(C)(C)C(=O)Nc1cc([N+](=O)[O-])ccc1OC. The summed E-state index contributed by atoms with van der Waals surface area (Å²) >= 11 is 0. The van der Waals surface area contributed by atoms with E-state index in [1.54, 1.807) is 20.9 Å². The van der Waals surface area contributed by atoms with Crippen LogP contribution in [0, 0.1) is 10.1 Å². The number of anilines is 1. The Morgan fingerprint density at radius 3 is 2.53 bits per heavy atom. The summed E-state index contributed by atoms with van der Waals surface area (Å²) in [6, 6.07) is 4.03. The van der Waals surface area contributed by atoms with Gasteiger partial charge in [-0.05, 0) is 27.0 Å². The van der Waals surface area contributed by atoms with E-state index in [0.29, 0.717) is 5.75 Å². The van der Waals surface area contributed by atoms with Gasteiger partial charge in [-0.3, -0.25) is 14.9 Å². The van der Waals surface area contributed by atoms with Crippen LogP contribution in [-0.4, -0.2) is 30.5 Å². The molecular formula is C12H17N3O4. The summed E-state index contributed by atoms with van der Waals surface area (Å²) in [5.41, 5.74) is -0.640. The number of rotatable bonds is 5. The van der Waals surface area contributed by atoms with Crippen molar-refractivity contribution in [2.24, 2.45) is 0 Å². The molecule has 0 aliphatic carbocycles. The number of carbonyl (C=O) groups is 1. The molecule has 0 heterocycles. The fourth-order valence-electron chi connectivity index (χ4n) is 1.30. The van der Waals surface area contributed by atoms with Crippen molar-refractivity contribution in [3.8, 4) is 5.75 Å². The quantitative estimate of drug-likeness (QED) is 0.623. The number of nitrogens with one attached hydrogen (secondary N) is 2. The lowest BCUT2D eigenvalue weighted by molar-refractivity contribution is -0.384. The molecule has 0 saturated heterocycles. The predicted molar refractivity (Wildman–Crippen MR) is 71.4 cm³/mol. The maximum atomic E-state index is 12.0. The van der Waals surface area contributed by atoms with Crippen LogP contribution in [0.1, 0.15) is 13.8 Å². The highest BCUT2D eigenvalue weighted by atomic mass is 16.6. The first kappa shape index (κ1) is 14.9. The van der Waals surface area contributed by atoms with Gasteiger partial charge in [0.05, 0.1) is 23.3 Å². The van der Waals surface area contributed by atoms with Crippen LogP contribution in [0.25, 0.3) is 0 Å². The predicted octanol–water partition coefficient (Wildman–Crippen LogP) is 1.54. The fraction of sp³-hybridized carbons (Fsp3) is 0.417. The van der Waals surface area contributed by atoms with Crippen LogP contribution in [0.3, 0.4) is 0 Å². The second-order valence-electron chi connectivity index (χ2n) is 4.47. The van der Waals surface area contributed by atoms with E-state index in [1.165, 1.54) is 25.3 Å². The molecule has 0 bridgehead atoms. The minimum atomic E-state index is -0.796. The number of benzene rings is 1. The normalized spacial score (nSPS) is 10.9. The topological polar surface area (TPSA) is 93.5 Å². The number of ether oxygens (including phenoxy) is 1. The molecule has 1 rings (SSSR count). The van der Waals surface area contributed by atoms with E-state index >= 15 is 0 Å². The zero-order valence-corrected chi connectivity index (χ0v) is 11.3. The summed E-state index contributed by atoms with van der Waals surface area (Å²) in [7, 11) is 3.09. The molecule has 2 N–H and O–H groups in total. The van der Waals surface area contributed by atoms with Crippen molar-refractivity contribution in [1.82, 2.24) is 5.32 Å². The molecule has 0 saturated carbocycles. The van der Waals surface area contributed by atoms with Gasteiger partial charge in [-0.15, -0.1) is 0 Å². The standard InChI is InChI=1S/C12H17N3O4/c1-12(2,13-3)11(16)14-9-7-8(15(17)18)5-6-10(9)19-4/h5-7,13H,1-4H3,(H,14,16). The molecule has 1 aromatic carbocycles. The van der Waals surface area contributed by atoms with Gasteiger partial charge in [0.1, 0.15) is 5.75 Å². The second kappa shape index (κ2) is 5.66. The molecule has 1 aromatic rings. The number of nitro groups is 1. The lowest BCUT2D eigenvalue weighted by Crippen LogP contribution is -2.47. The van der Waals surface area contributed by atoms with E-state index in [2.05, 4.69) is 10.6 Å². The fourth-order valence-corrected chi connectivity index (χ4v) is 1.30. The van der Waals surface area contributed by atoms with Crippen LogP contribution in [0.2, 0.25) is 0 Å². The first-order chi connectivity index (χ1) is 8.81. The lowest BCUT2D eigenvalue weighted by atomic mass is 10.0.